The van der Waals surface area contributed by atoms with Gasteiger partial charge in [0.25, 0.3) is 17.5 Å². The summed E-state index contributed by atoms with van der Waals surface area (Å²) >= 11 is 0. The number of hydrogen-bond donors (Lipinski definition) is 2. The topological polar surface area (TPSA) is 93.3 Å². The first-order valence-electron chi connectivity index (χ1n) is 8.47. The van der Waals surface area contributed by atoms with Crippen molar-refractivity contribution in [2.45, 2.75) is 19.0 Å². The molecule has 0 saturated heterocycles. The van der Waals surface area contributed by atoms with Crippen LogP contribution in [0.2, 0.25) is 0 Å². The van der Waals surface area contributed by atoms with Gasteiger partial charge >= 0.3 is 6.18 Å². The first-order valence-corrected chi connectivity index (χ1v) is 8.47. The standard InChI is InChI=1S/C18H20F3N3O4/c1-27-9-2-10-28-17-23-14(11-15(25)24-17)16(26)22-8-7-12-3-5-13(6-4-12)18(19,20)21/h3-6,11H,2,7-10H2,1H3,(H,22,26)(H,23,24,25). The third-order valence-electron chi connectivity index (χ3n) is 3.66. The Bertz CT molecular complexity index is 835. The Morgan fingerprint density at radius 3 is 2.57 bits per heavy atom. The number of rotatable bonds is 9. The van der Waals surface area contributed by atoms with Crippen LogP contribution in [-0.2, 0) is 17.3 Å². The van der Waals surface area contributed by atoms with Crippen molar-refractivity contribution in [3.05, 3.63) is 57.5 Å². The first kappa shape index (κ1) is 21.4. The number of nitrogens with zero attached hydrogens (tertiary/aromatic N) is 1. The predicted molar refractivity (Wildman–Crippen MR) is 94.3 cm³/mol. The summed E-state index contributed by atoms with van der Waals surface area (Å²) in [6, 6.07) is 5.65. The summed E-state index contributed by atoms with van der Waals surface area (Å²) in [6.07, 6.45) is -3.47. The minimum Gasteiger partial charge on any atom is -0.465 e. The lowest BCUT2D eigenvalue weighted by Gasteiger charge is -2.09. The number of methoxy groups -OCH3 is 1. The van der Waals surface area contributed by atoms with Gasteiger partial charge < -0.3 is 14.8 Å². The lowest BCUT2D eigenvalue weighted by molar-refractivity contribution is -0.137. The predicted octanol–water partition coefficient (Wildman–Crippen LogP) is 2.18. The van der Waals surface area contributed by atoms with Crippen LogP contribution >= 0.6 is 0 Å². The van der Waals surface area contributed by atoms with Gasteiger partial charge in [-0.3, -0.25) is 14.6 Å². The minimum absolute atomic E-state index is 0.0727. The van der Waals surface area contributed by atoms with E-state index in [0.717, 1.165) is 18.2 Å². The summed E-state index contributed by atoms with van der Waals surface area (Å²) in [5, 5.41) is 2.57. The highest BCUT2D eigenvalue weighted by molar-refractivity contribution is 5.92. The molecule has 0 radical (unpaired) electrons. The van der Waals surface area contributed by atoms with Crippen molar-refractivity contribution in [3.8, 4) is 6.01 Å². The summed E-state index contributed by atoms with van der Waals surface area (Å²) in [4.78, 5) is 30.1. The average molecular weight is 399 g/mol. The molecule has 0 bridgehead atoms. The fourth-order valence-corrected chi connectivity index (χ4v) is 2.26. The quantitative estimate of drug-likeness (QED) is 0.631. The maximum absolute atomic E-state index is 12.5. The van der Waals surface area contributed by atoms with Gasteiger partial charge in [-0.2, -0.15) is 18.2 Å². The van der Waals surface area contributed by atoms with Gasteiger partial charge in [-0.25, -0.2) is 0 Å². The maximum Gasteiger partial charge on any atom is 0.416 e. The number of carbonyl (C=O) groups excluding carboxylic acids is 1. The smallest absolute Gasteiger partial charge is 0.416 e. The zero-order valence-electron chi connectivity index (χ0n) is 15.1. The second-order valence-corrected chi connectivity index (χ2v) is 5.83. The zero-order chi connectivity index (χ0) is 20.6. The van der Waals surface area contributed by atoms with E-state index in [1.165, 1.54) is 12.1 Å². The summed E-state index contributed by atoms with van der Waals surface area (Å²) in [5.74, 6) is -0.584. The van der Waals surface area contributed by atoms with Crippen LogP contribution in [0, 0.1) is 0 Å². The second-order valence-electron chi connectivity index (χ2n) is 5.83. The van der Waals surface area contributed by atoms with Crippen molar-refractivity contribution in [2.24, 2.45) is 0 Å². The number of alkyl halides is 3. The van der Waals surface area contributed by atoms with Gasteiger partial charge in [0.1, 0.15) is 5.69 Å². The molecule has 0 aliphatic rings. The number of ether oxygens (including phenoxy) is 2. The van der Waals surface area contributed by atoms with Crippen molar-refractivity contribution >= 4 is 5.91 Å². The van der Waals surface area contributed by atoms with Crippen LogP contribution in [0.1, 0.15) is 28.0 Å². The Morgan fingerprint density at radius 2 is 1.93 bits per heavy atom. The number of aromatic nitrogens is 2. The van der Waals surface area contributed by atoms with Crippen molar-refractivity contribution in [3.63, 3.8) is 0 Å². The van der Waals surface area contributed by atoms with Crippen molar-refractivity contribution < 1.29 is 27.4 Å². The van der Waals surface area contributed by atoms with E-state index in [2.05, 4.69) is 15.3 Å². The molecule has 10 heteroatoms. The van der Waals surface area contributed by atoms with Gasteiger partial charge in [0, 0.05) is 32.7 Å². The highest BCUT2D eigenvalue weighted by Gasteiger charge is 2.29. The number of amides is 1. The summed E-state index contributed by atoms with van der Waals surface area (Å²) in [5.41, 5.74) is -0.747. The minimum atomic E-state index is -4.39. The van der Waals surface area contributed by atoms with Gasteiger partial charge in [0.05, 0.1) is 12.2 Å². The highest BCUT2D eigenvalue weighted by atomic mass is 19.4. The summed E-state index contributed by atoms with van der Waals surface area (Å²) in [7, 11) is 1.55. The van der Waals surface area contributed by atoms with E-state index in [4.69, 9.17) is 9.47 Å². The van der Waals surface area contributed by atoms with Gasteiger partial charge in [-0.05, 0) is 24.1 Å². The molecule has 2 rings (SSSR count). The SMILES string of the molecule is COCCCOc1nc(C(=O)NCCc2ccc(C(F)(F)F)cc2)cc(=O)[nH]1. The third-order valence-corrected chi connectivity index (χ3v) is 3.66. The molecule has 0 atom stereocenters. The van der Waals surface area contributed by atoms with Gasteiger partial charge in [-0.15, -0.1) is 0 Å². The molecule has 1 heterocycles. The van der Waals surface area contributed by atoms with E-state index in [-0.39, 0.29) is 24.9 Å². The molecule has 2 aromatic rings. The molecule has 2 N–H and O–H groups in total. The van der Waals surface area contributed by atoms with Crippen LogP contribution in [0.3, 0.4) is 0 Å². The molecule has 0 unspecified atom stereocenters. The largest absolute Gasteiger partial charge is 0.465 e. The lowest BCUT2D eigenvalue weighted by atomic mass is 10.1. The number of benzene rings is 1. The van der Waals surface area contributed by atoms with Crippen molar-refractivity contribution in [1.82, 2.24) is 15.3 Å². The monoisotopic (exact) mass is 399 g/mol. The molecule has 1 aromatic carbocycles. The fourth-order valence-electron chi connectivity index (χ4n) is 2.26. The fraction of sp³-hybridized carbons (Fsp3) is 0.389. The number of hydrogen-bond acceptors (Lipinski definition) is 5. The number of H-pyrrole nitrogens is 1. The van der Waals surface area contributed by atoms with Crippen LogP contribution in [0.25, 0.3) is 0 Å². The van der Waals surface area contributed by atoms with Gasteiger partial charge in [0.2, 0.25) is 0 Å². The summed E-state index contributed by atoms with van der Waals surface area (Å²) < 4.78 is 47.8. The zero-order valence-corrected chi connectivity index (χ0v) is 15.1. The number of carbonyl (C=O) groups is 1. The van der Waals surface area contributed by atoms with Crippen molar-refractivity contribution in [1.29, 1.82) is 0 Å². The Labute approximate surface area is 158 Å². The Hall–Kier alpha value is -2.88. The second kappa shape index (κ2) is 9.88. The molecule has 28 heavy (non-hydrogen) atoms. The van der Waals surface area contributed by atoms with E-state index in [9.17, 15) is 22.8 Å². The van der Waals surface area contributed by atoms with Crippen LogP contribution < -0.4 is 15.6 Å². The van der Waals surface area contributed by atoms with Gasteiger partial charge in [0.15, 0.2) is 0 Å². The molecule has 1 amide bonds. The Balaban J connectivity index is 1.88. The number of halogens is 3. The van der Waals surface area contributed by atoms with Gasteiger partial charge in [-0.1, -0.05) is 12.1 Å². The molecule has 0 saturated carbocycles. The molecule has 0 fully saturated rings. The molecule has 7 nitrogen and oxygen atoms in total. The molecular formula is C18H20F3N3O4. The average Bonchev–Trinajstić information content (AvgIpc) is 2.64. The van der Waals surface area contributed by atoms with E-state index >= 15 is 0 Å². The van der Waals surface area contributed by atoms with Crippen LogP contribution in [-0.4, -0.2) is 42.7 Å². The van der Waals surface area contributed by atoms with Crippen LogP contribution in [0.15, 0.2) is 35.1 Å². The molecular weight excluding hydrogens is 379 g/mol. The number of aromatic amines is 1. The van der Waals surface area contributed by atoms with E-state index in [1.807, 2.05) is 0 Å². The molecule has 1 aromatic heterocycles. The molecule has 0 aliphatic heterocycles. The lowest BCUT2D eigenvalue weighted by Crippen LogP contribution is -2.28. The maximum atomic E-state index is 12.5. The Morgan fingerprint density at radius 1 is 1.21 bits per heavy atom. The first-order chi connectivity index (χ1) is 13.3. The molecule has 0 spiro atoms. The molecule has 152 valence electrons. The Kier molecular flexibility index (Phi) is 7.56. The third kappa shape index (κ3) is 6.69. The van der Waals surface area contributed by atoms with Crippen LogP contribution in [0.4, 0.5) is 13.2 Å². The summed E-state index contributed by atoms with van der Waals surface area (Å²) in [6.45, 7) is 0.910. The molecule has 0 aliphatic carbocycles. The normalized spacial score (nSPS) is 11.3. The van der Waals surface area contributed by atoms with E-state index in [0.29, 0.717) is 25.0 Å². The highest BCUT2D eigenvalue weighted by Crippen LogP contribution is 2.29. The number of nitrogens with one attached hydrogen (secondary N) is 2. The van der Waals surface area contributed by atoms with Crippen LogP contribution in [0.5, 0.6) is 6.01 Å². The van der Waals surface area contributed by atoms with Crippen molar-refractivity contribution in [2.75, 3.05) is 26.9 Å². The van der Waals surface area contributed by atoms with E-state index < -0.39 is 23.2 Å². The van der Waals surface area contributed by atoms with E-state index in [1.54, 1.807) is 7.11 Å².